The van der Waals surface area contributed by atoms with Crippen LogP contribution in [0.5, 0.6) is 5.75 Å². The third kappa shape index (κ3) is 6.26. The van der Waals surface area contributed by atoms with Gasteiger partial charge in [-0.15, -0.1) is 0 Å². The number of thioether (sulfide) groups is 1. The lowest BCUT2D eigenvalue weighted by Gasteiger charge is -2.28. The van der Waals surface area contributed by atoms with Crippen molar-refractivity contribution in [1.82, 2.24) is 4.90 Å². The van der Waals surface area contributed by atoms with Crippen molar-refractivity contribution in [3.8, 4) is 5.75 Å². The number of aryl methyl sites for hydroxylation is 1. The first-order chi connectivity index (χ1) is 18.0. The van der Waals surface area contributed by atoms with Crippen LogP contribution < -0.4 is 9.64 Å². The van der Waals surface area contributed by atoms with Gasteiger partial charge in [0, 0.05) is 25.8 Å². The number of carbonyl (C=O) groups excluding carboxylic acids is 1. The zero-order valence-corrected chi connectivity index (χ0v) is 23.2. The summed E-state index contributed by atoms with van der Waals surface area (Å²) in [6.07, 6.45) is 1.89. The van der Waals surface area contributed by atoms with Crippen molar-refractivity contribution < 1.29 is 14.3 Å². The Labute approximate surface area is 230 Å². The Balaban J connectivity index is 1.26. The first kappa shape index (κ1) is 25.6. The van der Waals surface area contributed by atoms with E-state index in [2.05, 4.69) is 58.1 Å². The molecule has 2 saturated heterocycles. The number of amidine groups is 1. The number of aliphatic imine (C=N–C) groups is 1. The summed E-state index contributed by atoms with van der Waals surface area (Å²) in [5, 5.41) is 0.660. The molecule has 0 N–H and O–H groups in total. The summed E-state index contributed by atoms with van der Waals surface area (Å²) >= 11 is 4.99. The fraction of sp³-hybridized carbons (Fsp3) is 0.241. The van der Waals surface area contributed by atoms with E-state index in [9.17, 15) is 4.79 Å². The molecule has 6 nitrogen and oxygen atoms in total. The SMILES string of the molecule is Cc1cccc(COc2ccc(/C=C3\SC(=Nc4ccc(N5CCOCC5)cc4)N(C)C3=O)cc2Br)c1. The van der Waals surface area contributed by atoms with Crippen LogP contribution in [-0.2, 0) is 16.1 Å². The van der Waals surface area contributed by atoms with Crippen molar-refractivity contribution in [2.24, 2.45) is 4.99 Å². The molecule has 1 amide bonds. The molecule has 0 saturated carbocycles. The van der Waals surface area contributed by atoms with E-state index in [0.29, 0.717) is 16.7 Å². The zero-order chi connectivity index (χ0) is 25.8. The van der Waals surface area contributed by atoms with Gasteiger partial charge in [-0.05, 0) is 88.2 Å². The van der Waals surface area contributed by atoms with Crippen molar-refractivity contribution in [3.63, 3.8) is 0 Å². The van der Waals surface area contributed by atoms with Crippen molar-refractivity contribution in [3.05, 3.63) is 92.8 Å². The Kier molecular flexibility index (Phi) is 7.98. The molecule has 0 aliphatic carbocycles. The van der Waals surface area contributed by atoms with Gasteiger partial charge in [0.05, 0.1) is 28.3 Å². The van der Waals surface area contributed by atoms with Crippen LogP contribution in [0, 0.1) is 6.92 Å². The number of hydrogen-bond donors (Lipinski definition) is 0. The van der Waals surface area contributed by atoms with Crippen LogP contribution in [0.15, 0.2) is 81.1 Å². The number of carbonyl (C=O) groups is 1. The molecule has 37 heavy (non-hydrogen) atoms. The molecule has 0 aromatic heterocycles. The summed E-state index contributed by atoms with van der Waals surface area (Å²) < 4.78 is 12.3. The van der Waals surface area contributed by atoms with Crippen LogP contribution in [-0.4, -0.2) is 49.3 Å². The van der Waals surface area contributed by atoms with Gasteiger partial charge < -0.3 is 14.4 Å². The standard InChI is InChI=1S/C29H28BrN3O3S/c1-20-4-3-5-22(16-20)19-36-26-11-6-21(17-25(26)30)18-27-28(34)32(2)29(37-27)31-23-7-9-24(10-8-23)33-12-14-35-15-13-33/h3-11,16-18H,12-15,19H2,1-2H3/b27-18-,31-29?. The number of rotatable bonds is 6. The Morgan fingerprint density at radius 1 is 1.08 bits per heavy atom. The molecule has 0 bridgehead atoms. The fourth-order valence-corrected chi connectivity index (χ4v) is 5.66. The second-order valence-corrected chi connectivity index (χ2v) is 10.8. The number of ether oxygens (including phenoxy) is 2. The molecule has 8 heteroatoms. The van der Waals surface area contributed by atoms with E-state index >= 15 is 0 Å². The first-order valence-electron chi connectivity index (χ1n) is 12.1. The largest absolute Gasteiger partial charge is 0.488 e. The Morgan fingerprint density at radius 2 is 1.86 bits per heavy atom. The smallest absolute Gasteiger partial charge is 0.266 e. The van der Waals surface area contributed by atoms with E-state index < -0.39 is 0 Å². The number of anilines is 1. The number of likely N-dealkylation sites (N-methyl/N-ethyl adjacent to an activating group) is 1. The van der Waals surface area contributed by atoms with Crippen molar-refractivity contribution >= 4 is 56.2 Å². The molecule has 3 aromatic carbocycles. The average Bonchev–Trinajstić information content (AvgIpc) is 3.17. The maximum atomic E-state index is 12.9. The van der Waals surface area contributed by atoms with E-state index in [1.54, 1.807) is 11.9 Å². The lowest BCUT2D eigenvalue weighted by Crippen LogP contribution is -2.36. The first-order valence-corrected chi connectivity index (χ1v) is 13.7. The minimum absolute atomic E-state index is 0.0652. The number of amides is 1. The summed E-state index contributed by atoms with van der Waals surface area (Å²) in [5.74, 6) is 0.693. The van der Waals surface area contributed by atoms with Crippen molar-refractivity contribution in [1.29, 1.82) is 0 Å². The molecular formula is C29H28BrN3O3S. The van der Waals surface area contributed by atoms with Gasteiger partial charge in [0.25, 0.3) is 5.91 Å². The molecular weight excluding hydrogens is 550 g/mol. The van der Waals surface area contributed by atoms with Crippen LogP contribution in [0.3, 0.4) is 0 Å². The Bertz CT molecular complexity index is 1350. The molecule has 2 heterocycles. The minimum atomic E-state index is -0.0652. The number of halogens is 1. The molecule has 2 aliphatic heterocycles. The number of morpholine rings is 1. The summed E-state index contributed by atoms with van der Waals surface area (Å²) in [6.45, 7) is 5.86. The molecule has 2 aliphatic rings. The van der Waals surface area contributed by atoms with Gasteiger partial charge >= 0.3 is 0 Å². The quantitative estimate of drug-likeness (QED) is 0.317. The van der Waals surface area contributed by atoms with E-state index in [1.807, 2.05) is 42.5 Å². The predicted molar refractivity (Wildman–Crippen MR) is 155 cm³/mol. The number of nitrogens with zero attached hydrogens (tertiary/aromatic N) is 3. The minimum Gasteiger partial charge on any atom is -0.488 e. The van der Waals surface area contributed by atoms with Crippen LogP contribution >= 0.6 is 27.7 Å². The third-order valence-electron chi connectivity index (χ3n) is 6.18. The van der Waals surface area contributed by atoms with Gasteiger partial charge in [-0.25, -0.2) is 4.99 Å². The second kappa shape index (κ2) is 11.5. The van der Waals surface area contributed by atoms with Crippen molar-refractivity contribution in [2.45, 2.75) is 13.5 Å². The van der Waals surface area contributed by atoms with Gasteiger partial charge in [0.1, 0.15) is 12.4 Å². The van der Waals surface area contributed by atoms with Gasteiger partial charge in [0.15, 0.2) is 5.17 Å². The summed E-state index contributed by atoms with van der Waals surface area (Å²) in [6, 6.07) is 22.2. The maximum absolute atomic E-state index is 12.9. The Hall–Kier alpha value is -3.07. The van der Waals surface area contributed by atoms with Crippen LogP contribution in [0.1, 0.15) is 16.7 Å². The summed E-state index contributed by atoms with van der Waals surface area (Å²) in [4.78, 5) is 22.2. The Morgan fingerprint density at radius 3 is 2.59 bits per heavy atom. The van der Waals surface area contributed by atoms with Gasteiger partial charge in [-0.1, -0.05) is 35.9 Å². The van der Waals surface area contributed by atoms with Gasteiger partial charge in [-0.2, -0.15) is 0 Å². The summed E-state index contributed by atoms with van der Waals surface area (Å²) in [5.41, 5.74) is 5.22. The molecule has 0 spiro atoms. The normalized spacial score (nSPS) is 18.2. The van der Waals surface area contributed by atoms with E-state index in [-0.39, 0.29) is 5.91 Å². The highest BCUT2D eigenvalue weighted by Crippen LogP contribution is 2.35. The molecule has 5 rings (SSSR count). The zero-order valence-electron chi connectivity index (χ0n) is 20.8. The number of hydrogen-bond acceptors (Lipinski definition) is 6. The van der Waals surface area contributed by atoms with E-state index in [4.69, 9.17) is 14.5 Å². The second-order valence-electron chi connectivity index (χ2n) is 8.95. The van der Waals surface area contributed by atoms with Crippen LogP contribution in [0.25, 0.3) is 6.08 Å². The average molecular weight is 579 g/mol. The highest BCUT2D eigenvalue weighted by atomic mass is 79.9. The predicted octanol–water partition coefficient (Wildman–Crippen LogP) is 6.41. The molecule has 2 fully saturated rings. The van der Waals surface area contributed by atoms with Gasteiger partial charge in [0.2, 0.25) is 0 Å². The molecule has 0 unspecified atom stereocenters. The lowest BCUT2D eigenvalue weighted by molar-refractivity contribution is -0.121. The van der Waals surface area contributed by atoms with Gasteiger partial charge in [-0.3, -0.25) is 9.69 Å². The molecule has 190 valence electrons. The third-order valence-corrected chi connectivity index (χ3v) is 7.86. The molecule has 0 radical (unpaired) electrons. The highest BCUT2D eigenvalue weighted by molar-refractivity contribution is 9.10. The van der Waals surface area contributed by atoms with Crippen molar-refractivity contribution in [2.75, 3.05) is 38.3 Å². The van der Waals surface area contributed by atoms with E-state index in [1.165, 1.54) is 17.3 Å². The van der Waals surface area contributed by atoms with Crippen LogP contribution in [0.2, 0.25) is 0 Å². The van der Waals surface area contributed by atoms with Crippen LogP contribution in [0.4, 0.5) is 11.4 Å². The topological polar surface area (TPSA) is 54.4 Å². The maximum Gasteiger partial charge on any atom is 0.266 e. The lowest BCUT2D eigenvalue weighted by atomic mass is 10.1. The molecule has 0 atom stereocenters. The monoisotopic (exact) mass is 577 g/mol. The van der Waals surface area contributed by atoms with E-state index in [0.717, 1.165) is 59.0 Å². The fourth-order valence-electron chi connectivity index (χ4n) is 4.16. The summed E-state index contributed by atoms with van der Waals surface area (Å²) in [7, 11) is 1.76. The number of benzene rings is 3. The molecule has 3 aromatic rings. The highest BCUT2D eigenvalue weighted by Gasteiger charge is 2.30.